The topological polar surface area (TPSA) is 82.0 Å². The van der Waals surface area contributed by atoms with Gasteiger partial charge in [0.05, 0.1) is 12.1 Å². The van der Waals surface area contributed by atoms with Gasteiger partial charge in [-0.2, -0.15) is 5.10 Å². The summed E-state index contributed by atoms with van der Waals surface area (Å²) < 4.78 is 12.5. The molecular formula is C18H16N4O3. The number of ether oxygens (including phenoxy) is 2. The van der Waals surface area contributed by atoms with Crippen molar-refractivity contribution in [3.05, 3.63) is 57.8 Å². The Hall–Kier alpha value is -3.09. The summed E-state index contributed by atoms with van der Waals surface area (Å²) in [6.45, 7) is 0.750. The van der Waals surface area contributed by atoms with E-state index in [0.29, 0.717) is 17.9 Å². The molecule has 1 aromatic carbocycles. The average Bonchev–Trinajstić information content (AvgIpc) is 3.33. The van der Waals surface area contributed by atoms with Crippen LogP contribution in [-0.2, 0) is 19.4 Å². The van der Waals surface area contributed by atoms with Crippen molar-refractivity contribution in [3.8, 4) is 22.9 Å². The van der Waals surface area contributed by atoms with Crippen LogP contribution in [0.4, 0.5) is 0 Å². The number of fused-ring (bicyclic) bond motifs is 2. The van der Waals surface area contributed by atoms with Crippen LogP contribution < -0.4 is 15.0 Å². The van der Waals surface area contributed by atoms with Crippen LogP contribution in [0.1, 0.15) is 23.2 Å². The Bertz CT molecular complexity index is 1020. The highest BCUT2D eigenvalue weighted by atomic mass is 16.7. The van der Waals surface area contributed by atoms with Gasteiger partial charge in [0.2, 0.25) is 6.79 Å². The van der Waals surface area contributed by atoms with Crippen LogP contribution in [0.5, 0.6) is 11.5 Å². The zero-order valence-corrected chi connectivity index (χ0v) is 13.5. The van der Waals surface area contributed by atoms with E-state index >= 15 is 0 Å². The molecule has 0 fully saturated rings. The largest absolute Gasteiger partial charge is 0.454 e. The van der Waals surface area contributed by atoms with Crippen LogP contribution in [0.2, 0.25) is 0 Å². The van der Waals surface area contributed by atoms with Gasteiger partial charge in [0.25, 0.3) is 5.56 Å². The lowest BCUT2D eigenvalue weighted by Crippen LogP contribution is -2.15. The summed E-state index contributed by atoms with van der Waals surface area (Å²) >= 11 is 0. The van der Waals surface area contributed by atoms with Crippen molar-refractivity contribution in [3.63, 3.8) is 0 Å². The average molecular weight is 336 g/mol. The van der Waals surface area contributed by atoms with Crippen LogP contribution in [0.15, 0.2) is 35.4 Å². The minimum atomic E-state index is -0.111. The van der Waals surface area contributed by atoms with Crippen molar-refractivity contribution in [2.75, 3.05) is 6.79 Å². The highest BCUT2D eigenvalue weighted by molar-refractivity contribution is 5.56. The summed E-state index contributed by atoms with van der Waals surface area (Å²) in [5.41, 5.74) is 3.72. The number of aromatic nitrogens is 4. The van der Waals surface area contributed by atoms with Gasteiger partial charge in [-0.3, -0.25) is 4.79 Å². The molecule has 5 rings (SSSR count). The van der Waals surface area contributed by atoms with Crippen molar-refractivity contribution in [1.29, 1.82) is 0 Å². The molecule has 2 aromatic heterocycles. The molecular weight excluding hydrogens is 320 g/mol. The fraction of sp³-hybridized carbons (Fsp3) is 0.278. The van der Waals surface area contributed by atoms with Gasteiger partial charge in [0, 0.05) is 5.69 Å². The first-order valence-corrected chi connectivity index (χ1v) is 8.30. The van der Waals surface area contributed by atoms with Gasteiger partial charge >= 0.3 is 0 Å². The van der Waals surface area contributed by atoms with E-state index in [1.54, 1.807) is 4.68 Å². The lowest BCUT2D eigenvalue weighted by atomic mass is 10.1. The maximum Gasteiger partial charge on any atom is 0.259 e. The fourth-order valence-corrected chi connectivity index (χ4v) is 3.48. The van der Waals surface area contributed by atoms with Crippen molar-refractivity contribution in [2.45, 2.75) is 25.8 Å². The van der Waals surface area contributed by atoms with Gasteiger partial charge in [-0.1, -0.05) is 6.07 Å². The summed E-state index contributed by atoms with van der Waals surface area (Å²) in [5, 5.41) is 4.30. The maximum absolute atomic E-state index is 12.5. The van der Waals surface area contributed by atoms with Crippen molar-refractivity contribution >= 4 is 0 Å². The standard InChI is InChI=1S/C18H16N4O3/c23-18-13(7-12-2-1-3-14(12)21-18)17-19-9-20-22(17)8-11-4-5-15-16(6-11)25-10-24-15/h4-7,9H,1-3,8,10H2,(H,21,23). The van der Waals surface area contributed by atoms with Gasteiger partial charge in [0.1, 0.15) is 6.33 Å². The maximum atomic E-state index is 12.5. The van der Waals surface area contributed by atoms with Crippen molar-refractivity contribution in [1.82, 2.24) is 19.7 Å². The van der Waals surface area contributed by atoms with Crippen LogP contribution >= 0.6 is 0 Å². The van der Waals surface area contributed by atoms with Gasteiger partial charge in [-0.15, -0.1) is 0 Å². The number of benzene rings is 1. The molecule has 0 atom stereocenters. The molecule has 126 valence electrons. The summed E-state index contributed by atoms with van der Waals surface area (Å²) in [7, 11) is 0. The quantitative estimate of drug-likeness (QED) is 0.790. The second-order valence-corrected chi connectivity index (χ2v) is 6.30. The number of hydrogen-bond donors (Lipinski definition) is 1. The monoisotopic (exact) mass is 336 g/mol. The second kappa shape index (κ2) is 5.47. The Morgan fingerprint density at radius 1 is 1.16 bits per heavy atom. The lowest BCUT2D eigenvalue weighted by Gasteiger charge is -2.08. The molecule has 0 bridgehead atoms. The molecule has 0 radical (unpaired) electrons. The highest BCUT2D eigenvalue weighted by Crippen LogP contribution is 2.33. The van der Waals surface area contributed by atoms with Gasteiger partial charge < -0.3 is 14.5 Å². The third-order valence-electron chi connectivity index (χ3n) is 4.71. The Balaban J connectivity index is 1.52. The number of rotatable bonds is 3. The molecule has 0 saturated heterocycles. The number of hydrogen-bond acceptors (Lipinski definition) is 5. The summed E-state index contributed by atoms with van der Waals surface area (Å²) in [6, 6.07) is 7.74. The van der Waals surface area contributed by atoms with Crippen LogP contribution in [0.3, 0.4) is 0 Å². The van der Waals surface area contributed by atoms with Gasteiger partial charge in [-0.25, -0.2) is 9.67 Å². The van der Waals surface area contributed by atoms with Gasteiger partial charge in [0.15, 0.2) is 17.3 Å². The third kappa shape index (κ3) is 2.39. The SMILES string of the molecule is O=c1[nH]c2c(cc1-c1ncnn1Cc1ccc3c(c1)OCO3)CCC2. The Morgan fingerprint density at radius 3 is 3.04 bits per heavy atom. The number of aryl methyl sites for hydroxylation is 2. The molecule has 25 heavy (non-hydrogen) atoms. The molecule has 2 aliphatic rings. The molecule has 7 heteroatoms. The molecule has 0 spiro atoms. The van der Waals surface area contributed by atoms with E-state index < -0.39 is 0 Å². The molecule has 0 unspecified atom stereocenters. The van der Waals surface area contributed by atoms with E-state index in [2.05, 4.69) is 15.1 Å². The van der Waals surface area contributed by atoms with Crippen LogP contribution in [0.25, 0.3) is 11.4 Å². The number of aromatic amines is 1. The molecule has 1 N–H and O–H groups in total. The number of nitrogens with one attached hydrogen (secondary N) is 1. The summed E-state index contributed by atoms with van der Waals surface area (Å²) in [5.74, 6) is 2.06. The fourth-order valence-electron chi connectivity index (χ4n) is 3.48. The number of pyridine rings is 1. The Labute approximate surface area is 143 Å². The van der Waals surface area contributed by atoms with Crippen LogP contribution in [0, 0.1) is 0 Å². The van der Waals surface area contributed by atoms with E-state index in [1.165, 1.54) is 11.9 Å². The molecule has 3 aromatic rings. The molecule has 3 heterocycles. The molecule has 0 saturated carbocycles. The minimum Gasteiger partial charge on any atom is -0.454 e. The first-order valence-electron chi connectivity index (χ1n) is 8.30. The third-order valence-corrected chi connectivity index (χ3v) is 4.71. The van der Waals surface area contributed by atoms with E-state index in [4.69, 9.17) is 9.47 Å². The predicted molar refractivity (Wildman–Crippen MR) is 89.8 cm³/mol. The molecule has 1 aliphatic carbocycles. The lowest BCUT2D eigenvalue weighted by molar-refractivity contribution is 0.174. The van der Waals surface area contributed by atoms with E-state index in [9.17, 15) is 4.79 Å². The summed E-state index contributed by atoms with van der Waals surface area (Å²) in [4.78, 5) is 19.8. The first-order chi connectivity index (χ1) is 12.3. The zero-order chi connectivity index (χ0) is 16.8. The summed E-state index contributed by atoms with van der Waals surface area (Å²) in [6.07, 6.45) is 4.50. The highest BCUT2D eigenvalue weighted by Gasteiger charge is 2.19. The smallest absolute Gasteiger partial charge is 0.259 e. The van der Waals surface area contributed by atoms with Crippen molar-refractivity contribution in [2.24, 2.45) is 0 Å². The first kappa shape index (κ1) is 14.3. The van der Waals surface area contributed by atoms with Crippen LogP contribution in [-0.4, -0.2) is 26.5 Å². The Kier molecular flexibility index (Phi) is 3.12. The van der Waals surface area contributed by atoms with Gasteiger partial charge in [-0.05, 0) is 48.6 Å². The molecule has 0 amide bonds. The van der Waals surface area contributed by atoms with E-state index in [0.717, 1.165) is 42.0 Å². The number of nitrogens with zero attached hydrogens (tertiary/aromatic N) is 3. The molecule has 1 aliphatic heterocycles. The second-order valence-electron chi connectivity index (χ2n) is 6.30. The van der Waals surface area contributed by atoms with Crippen molar-refractivity contribution < 1.29 is 9.47 Å². The Morgan fingerprint density at radius 2 is 2.08 bits per heavy atom. The van der Waals surface area contributed by atoms with E-state index in [-0.39, 0.29) is 12.4 Å². The normalized spacial score (nSPS) is 14.7. The predicted octanol–water partition coefficient (Wildman–Crippen LogP) is 1.90. The molecule has 7 nitrogen and oxygen atoms in total. The number of H-pyrrole nitrogens is 1. The minimum absolute atomic E-state index is 0.111. The zero-order valence-electron chi connectivity index (χ0n) is 13.5. The van der Waals surface area contributed by atoms with E-state index in [1.807, 2.05) is 24.3 Å².